The normalized spacial score (nSPS) is 16.0. The number of hydrogen-bond donors (Lipinski definition) is 0. The summed E-state index contributed by atoms with van der Waals surface area (Å²) >= 11 is 30.1. The Morgan fingerprint density at radius 1 is 0.833 bits per heavy atom. The van der Waals surface area contributed by atoms with Gasteiger partial charge in [0.1, 0.15) is 5.03 Å². The van der Waals surface area contributed by atoms with Crippen LogP contribution >= 0.6 is 69.6 Å². The van der Waals surface area contributed by atoms with E-state index in [1.54, 1.807) is 0 Å². The van der Waals surface area contributed by atoms with Crippen molar-refractivity contribution in [3.63, 3.8) is 0 Å². The van der Waals surface area contributed by atoms with Crippen LogP contribution in [0, 0.1) is 0 Å². The van der Waals surface area contributed by atoms with E-state index in [2.05, 4.69) is 11.6 Å². The Morgan fingerprint density at radius 3 is 1.25 bits per heavy atom. The van der Waals surface area contributed by atoms with Crippen LogP contribution in [0.1, 0.15) is 0 Å². The molecular formula is C4Cl6F2. The van der Waals surface area contributed by atoms with E-state index >= 15 is 0 Å². The third-order valence-electron chi connectivity index (χ3n) is 0.690. The van der Waals surface area contributed by atoms with E-state index in [0.717, 1.165) is 0 Å². The van der Waals surface area contributed by atoms with Gasteiger partial charge in [-0.05, 0) is 11.6 Å². The monoisotopic (exact) mass is 296 g/mol. The predicted octanol–water partition coefficient (Wildman–Crippen LogP) is 4.88. The molecular weight excluding hydrogens is 299 g/mol. The Labute approximate surface area is 97.3 Å². The molecule has 8 heteroatoms. The molecule has 0 saturated heterocycles. The molecule has 0 aromatic heterocycles. The van der Waals surface area contributed by atoms with Crippen LogP contribution in [0.3, 0.4) is 0 Å². The van der Waals surface area contributed by atoms with Crippen LogP contribution in [0.4, 0.5) is 8.78 Å². The lowest BCUT2D eigenvalue weighted by Gasteiger charge is -2.14. The summed E-state index contributed by atoms with van der Waals surface area (Å²) in [5, 5.41) is -5.86. The topological polar surface area (TPSA) is 0 Å². The first-order valence-corrected chi connectivity index (χ1v) is 4.53. The van der Waals surface area contributed by atoms with Crippen LogP contribution < -0.4 is 0 Å². The highest BCUT2D eigenvalue weighted by molar-refractivity contribution is 6.73. The Morgan fingerprint density at radius 2 is 1.17 bits per heavy atom. The lowest BCUT2D eigenvalue weighted by Crippen LogP contribution is -2.13. The zero-order valence-corrected chi connectivity index (χ0v) is 9.56. The van der Waals surface area contributed by atoms with Crippen molar-refractivity contribution in [1.29, 1.82) is 0 Å². The van der Waals surface area contributed by atoms with Crippen molar-refractivity contribution in [3.05, 3.63) is 10.1 Å². The molecule has 0 aromatic carbocycles. The van der Waals surface area contributed by atoms with Crippen LogP contribution in [0.25, 0.3) is 0 Å². The standard InChI is InChI=1S/C4Cl6F2/c5-1(3(7,8)9)2(6)4(10,11)12. The molecule has 72 valence electrons. The van der Waals surface area contributed by atoms with E-state index in [4.69, 9.17) is 58.0 Å². The van der Waals surface area contributed by atoms with Gasteiger partial charge in [0.15, 0.2) is 0 Å². The van der Waals surface area contributed by atoms with Crippen LogP contribution in [0.15, 0.2) is 10.1 Å². The van der Waals surface area contributed by atoms with Gasteiger partial charge in [0, 0.05) is 0 Å². The molecule has 0 unspecified atom stereocenters. The fourth-order valence-corrected chi connectivity index (χ4v) is 1.08. The molecule has 0 nitrogen and oxygen atoms in total. The van der Waals surface area contributed by atoms with Crippen molar-refractivity contribution in [2.75, 3.05) is 0 Å². The summed E-state index contributed by atoms with van der Waals surface area (Å²) in [4.78, 5) is 0. The maximum Gasteiger partial charge on any atom is 0.359 e. The SMILES string of the molecule is FC(F)(Cl)C(Cl)=C(Cl)C(Cl)(Cl)Cl. The molecule has 0 aromatic rings. The van der Waals surface area contributed by atoms with Crippen molar-refractivity contribution in [3.8, 4) is 0 Å². The number of rotatable bonds is 1. The van der Waals surface area contributed by atoms with Crippen LogP contribution in [-0.2, 0) is 0 Å². The number of hydrogen-bond acceptors (Lipinski definition) is 0. The van der Waals surface area contributed by atoms with E-state index in [1.807, 2.05) is 0 Å². The Balaban J connectivity index is 4.96. The Hall–Kier alpha value is 1.34. The van der Waals surface area contributed by atoms with Gasteiger partial charge in [-0.1, -0.05) is 58.0 Å². The predicted molar refractivity (Wildman–Crippen MR) is 49.8 cm³/mol. The molecule has 0 radical (unpaired) electrons. The molecule has 0 aliphatic rings. The van der Waals surface area contributed by atoms with E-state index in [9.17, 15) is 8.78 Å². The summed E-state index contributed by atoms with van der Waals surface area (Å²) in [5.41, 5.74) is 0. The van der Waals surface area contributed by atoms with E-state index in [0.29, 0.717) is 0 Å². The molecule has 0 atom stereocenters. The highest BCUT2D eigenvalue weighted by Crippen LogP contribution is 2.45. The van der Waals surface area contributed by atoms with E-state index in [1.165, 1.54) is 0 Å². The largest absolute Gasteiger partial charge is 0.359 e. The van der Waals surface area contributed by atoms with Gasteiger partial charge in [-0.15, -0.1) is 0 Å². The lowest BCUT2D eigenvalue weighted by molar-refractivity contribution is 0.147. The molecule has 0 bridgehead atoms. The first-order chi connectivity index (χ1) is 5.07. The second-order valence-electron chi connectivity index (χ2n) is 1.62. The molecule has 0 rings (SSSR count). The fourth-order valence-electron chi connectivity index (χ4n) is 0.249. The summed E-state index contributed by atoms with van der Waals surface area (Å²) in [5.74, 6) is 0. The molecule has 0 aliphatic carbocycles. The summed E-state index contributed by atoms with van der Waals surface area (Å²) < 4.78 is 22.2. The third kappa shape index (κ3) is 4.03. The van der Waals surface area contributed by atoms with Gasteiger partial charge in [-0.2, -0.15) is 8.78 Å². The average Bonchev–Trinajstić information content (AvgIpc) is 1.80. The van der Waals surface area contributed by atoms with Gasteiger partial charge in [-0.3, -0.25) is 0 Å². The minimum absolute atomic E-state index is 0.825. The van der Waals surface area contributed by atoms with Gasteiger partial charge in [0.05, 0.1) is 5.03 Å². The van der Waals surface area contributed by atoms with Crippen molar-refractivity contribution in [1.82, 2.24) is 0 Å². The zero-order valence-electron chi connectivity index (χ0n) is 5.02. The van der Waals surface area contributed by atoms with Crippen molar-refractivity contribution in [2.24, 2.45) is 0 Å². The zero-order chi connectivity index (χ0) is 10.2. The molecule has 0 fully saturated rings. The molecule has 0 aliphatic heterocycles. The first-order valence-electron chi connectivity index (χ1n) is 2.26. The number of alkyl halides is 6. The highest BCUT2D eigenvalue weighted by atomic mass is 35.6. The van der Waals surface area contributed by atoms with Crippen molar-refractivity contribution >= 4 is 69.6 Å². The third-order valence-corrected chi connectivity index (χ3v) is 2.83. The number of allylic oxidation sites excluding steroid dienone is 2. The minimum Gasteiger partial charge on any atom is -0.182 e. The quantitative estimate of drug-likeness (QED) is 0.605. The van der Waals surface area contributed by atoms with Crippen molar-refractivity contribution < 1.29 is 8.78 Å². The molecule has 0 spiro atoms. The summed E-state index contributed by atoms with van der Waals surface area (Å²) in [6.07, 6.45) is 0. The van der Waals surface area contributed by atoms with Gasteiger partial charge < -0.3 is 0 Å². The maximum atomic E-state index is 12.2. The fraction of sp³-hybridized carbons (Fsp3) is 0.500. The summed E-state index contributed by atoms with van der Waals surface area (Å²) in [7, 11) is 0. The lowest BCUT2D eigenvalue weighted by atomic mass is 10.5. The summed E-state index contributed by atoms with van der Waals surface area (Å²) in [6, 6.07) is 0. The smallest absolute Gasteiger partial charge is 0.182 e. The van der Waals surface area contributed by atoms with Gasteiger partial charge in [0.25, 0.3) is 0 Å². The highest BCUT2D eigenvalue weighted by Gasteiger charge is 2.38. The molecule has 0 amide bonds. The summed E-state index contributed by atoms with van der Waals surface area (Å²) in [6.45, 7) is 0. The average molecular weight is 299 g/mol. The van der Waals surface area contributed by atoms with Gasteiger partial charge >= 0.3 is 5.38 Å². The van der Waals surface area contributed by atoms with Gasteiger partial charge in [0.2, 0.25) is 3.79 Å². The van der Waals surface area contributed by atoms with E-state index in [-0.39, 0.29) is 0 Å². The maximum absolute atomic E-state index is 12.2. The first kappa shape index (κ1) is 13.3. The van der Waals surface area contributed by atoms with E-state index < -0.39 is 19.2 Å². The Kier molecular flexibility index (Phi) is 4.72. The van der Waals surface area contributed by atoms with Crippen LogP contribution in [0.5, 0.6) is 0 Å². The molecule has 0 N–H and O–H groups in total. The second-order valence-corrected chi connectivity index (χ2v) is 5.14. The molecule has 12 heavy (non-hydrogen) atoms. The second kappa shape index (κ2) is 4.24. The van der Waals surface area contributed by atoms with Crippen molar-refractivity contribution in [2.45, 2.75) is 9.17 Å². The van der Waals surface area contributed by atoms with Crippen LogP contribution in [-0.4, -0.2) is 9.17 Å². The minimum atomic E-state index is -3.83. The van der Waals surface area contributed by atoms with Gasteiger partial charge in [-0.25, -0.2) is 0 Å². The van der Waals surface area contributed by atoms with Crippen LogP contribution in [0.2, 0.25) is 0 Å². The molecule has 0 saturated carbocycles. The number of halogens is 8. The Bertz CT molecular complexity index is 177. The molecule has 0 heterocycles.